The molecule has 1 aromatic heterocycles. The largest absolute Gasteiger partial charge is 0.469 e. The summed E-state index contributed by atoms with van der Waals surface area (Å²) in [4.78, 5) is 38.1. The lowest BCUT2D eigenvalue weighted by molar-refractivity contribution is -0.384. The second-order valence-electron chi connectivity index (χ2n) is 8.14. The van der Waals surface area contributed by atoms with Crippen molar-refractivity contribution >= 4 is 17.3 Å². The summed E-state index contributed by atoms with van der Waals surface area (Å²) >= 11 is 0. The first-order valence-electron chi connectivity index (χ1n) is 9.79. The number of nitro benzene ring substituents is 1. The molecule has 2 aromatic rings. The van der Waals surface area contributed by atoms with Crippen molar-refractivity contribution < 1.29 is 14.5 Å². The Balaban J connectivity index is 1.63. The minimum absolute atomic E-state index is 0.00731. The number of esters is 1. The fourth-order valence-electron chi connectivity index (χ4n) is 5.58. The second-order valence-corrected chi connectivity index (χ2v) is 8.14. The molecule has 4 atom stereocenters. The molecule has 5 rings (SSSR count). The molecule has 0 radical (unpaired) electrons. The van der Waals surface area contributed by atoms with Crippen LogP contribution in [0.25, 0.3) is 0 Å². The predicted molar refractivity (Wildman–Crippen MR) is 105 cm³/mol. The van der Waals surface area contributed by atoms with E-state index < -0.39 is 10.8 Å². The van der Waals surface area contributed by atoms with Crippen LogP contribution in [0.15, 0.2) is 41.2 Å². The standard InChI is InChI=1S/C21H21N3O5/c1-29-21(26)16-9-12-8-15(24(27)28)5-6-18(12)23-10-13-7-14(20(16)23)11-22-17(13)3-2-4-19(22)25/h2-6,8,13-14,16,20H,7,9-11H2,1H3/t13-,14-,16-,20+/m1/s1. The summed E-state index contributed by atoms with van der Waals surface area (Å²) in [6.07, 6.45) is 1.32. The lowest BCUT2D eigenvalue weighted by Crippen LogP contribution is -2.60. The average molecular weight is 395 g/mol. The third-order valence-electron chi connectivity index (χ3n) is 6.71. The highest BCUT2D eigenvalue weighted by atomic mass is 16.6. The molecular weight excluding hydrogens is 374 g/mol. The Kier molecular flexibility index (Phi) is 3.97. The molecule has 4 heterocycles. The zero-order valence-electron chi connectivity index (χ0n) is 16.0. The highest BCUT2D eigenvalue weighted by Gasteiger charge is 2.49. The smallest absolute Gasteiger partial charge is 0.311 e. The minimum Gasteiger partial charge on any atom is -0.469 e. The van der Waals surface area contributed by atoms with Crippen molar-refractivity contribution in [2.75, 3.05) is 18.6 Å². The average Bonchev–Trinajstić information content (AvgIpc) is 2.73. The number of nitrogens with zero attached hydrogens (tertiary/aromatic N) is 3. The highest BCUT2D eigenvalue weighted by Crippen LogP contribution is 2.47. The maximum atomic E-state index is 12.7. The van der Waals surface area contributed by atoms with Gasteiger partial charge in [0, 0.05) is 54.6 Å². The topological polar surface area (TPSA) is 94.7 Å². The van der Waals surface area contributed by atoms with Crippen molar-refractivity contribution in [2.45, 2.75) is 31.3 Å². The normalized spacial score (nSPS) is 26.7. The number of rotatable bonds is 2. The van der Waals surface area contributed by atoms with E-state index in [1.54, 1.807) is 24.3 Å². The van der Waals surface area contributed by atoms with Crippen molar-refractivity contribution in [1.82, 2.24) is 4.57 Å². The molecule has 0 unspecified atom stereocenters. The Morgan fingerprint density at radius 1 is 1.24 bits per heavy atom. The van der Waals surface area contributed by atoms with Gasteiger partial charge < -0.3 is 14.2 Å². The maximum absolute atomic E-state index is 12.7. The van der Waals surface area contributed by atoms with Crippen LogP contribution >= 0.6 is 0 Å². The van der Waals surface area contributed by atoms with E-state index in [-0.39, 0.29) is 35.1 Å². The Labute approximate surface area is 166 Å². The first-order chi connectivity index (χ1) is 14.0. The van der Waals surface area contributed by atoms with Gasteiger partial charge in [-0.05, 0) is 36.5 Å². The molecule has 29 heavy (non-hydrogen) atoms. The van der Waals surface area contributed by atoms with E-state index in [1.807, 2.05) is 10.6 Å². The molecule has 3 aliphatic heterocycles. The fourth-order valence-corrected chi connectivity index (χ4v) is 5.58. The highest BCUT2D eigenvalue weighted by molar-refractivity contribution is 5.77. The molecule has 0 spiro atoms. The summed E-state index contributed by atoms with van der Waals surface area (Å²) in [5.74, 6) is -0.407. The zero-order chi connectivity index (χ0) is 20.3. The number of carbonyl (C=O) groups excluding carboxylic acids is 1. The van der Waals surface area contributed by atoms with Crippen LogP contribution in [0.4, 0.5) is 11.4 Å². The van der Waals surface area contributed by atoms with Gasteiger partial charge in [0.25, 0.3) is 11.2 Å². The third-order valence-corrected chi connectivity index (χ3v) is 6.71. The Bertz CT molecular complexity index is 1080. The molecule has 0 amide bonds. The van der Waals surface area contributed by atoms with Crippen molar-refractivity contribution in [3.05, 3.63) is 68.1 Å². The van der Waals surface area contributed by atoms with E-state index in [2.05, 4.69) is 4.90 Å². The van der Waals surface area contributed by atoms with Crippen LogP contribution < -0.4 is 10.5 Å². The number of hydrogen-bond donors (Lipinski definition) is 0. The summed E-state index contributed by atoms with van der Waals surface area (Å²) in [6, 6.07) is 10.2. The van der Waals surface area contributed by atoms with Crippen LogP contribution in [0.5, 0.6) is 0 Å². The number of aromatic nitrogens is 1. The zero-order valence-corrected chi connectivity index (χ0v) is 16.0. The van der Waals surface area contributed by atoms with E-state index in [0.29, 0.717) is 19.5 Å². The molecule has 0 aliphatic carbocycles. The summed E-state index contributed by atoms with van der Waals surface area (Å²) in [5.41, 5.74) is 2.79. The third kappa shape index (κ3) is 2.66. The number of nitro groups is 1. The molecule has 0 saturated carbocycles. The molecular formula is C21H21N3O5. The molecule has 8 heteroatoms. The van der Waals surface area contributed by atoms with Gasteiger partial charge in [0.15, 0.2) is 0 Å². The number of methoxy groups -OCH3 is 1. The molecule has 1 fully saturated rings. The van der Waals surface area contributed by atoms with E-state index in [1.165, 1.54) is 13.2 Å². The van der Waals surface area contributed by atoms with Gasteiger partial charge in [-0.3, -0.25) is 19.7 Å². The Morgan fingerprint density at radius 2 is 2.07 bits per heavy atom. The predicted octanol–water partition coefficient (Wildman–Crippen LogP) is 2.09. The minimum atomic E-state index is -0.415. The fraction of sp³-hybridized carbons (Fsp3) is 0.429. The molecule has 0 N–H and O–H groups in total. The van der Waals surface area contributed by atoms with Gasteiger partial charge in [0.2, 0.25) is 0 Å². The van der Waals surface area contributed by atoms with Gasteiger partial charge in [0.1, 0.15) is 0 Å². The summed E-state index contributed by atoms with van der Waals surface area (Å²) in [7, 11) is 1.38. The quantitative estimate of drug-likeness (QED) is 0.439. The van der Waals surface area contributed by atoms with Crippen LogP contribution in [0.1, 0.15) is 23.6 Å². The van der Waals surface area contributed by atoms with Crippen molar-refractivity contribution in [3.8, 4) is 0 Å². The van der Waals surface area contributed by atoms with Crippen LogP contribution in [-0.2, 0) is 22.5 Å². The number of benzene rings is 1. The monoisotopic (exact) mass is 395 g/mol. The van der Waals surface area contributed by atoms with Crippen LogP contribution in [0.2, 0.25) is 0 Å². The number of piperidine rings is 1. The van der Waals surface area contributed by atoms with Crippen molar-refractivity contribution in [3.63, 3.8) is 0 Å². The van der Waals surface area contributed by atoms with Gasteiger partial charge in [0.05, 0.1) is 18.0 Å². The maximum Gasteiger partial charge on any atom is 0.311 e. The van der Waals surface area contributed by atoms with Gasteiger partial charge in [-0.1, -0.05) is 6.07 Å². The van der Waals surface area contributed by atoms with Crippen molar-refractivity contribution in [1.29, 1.82) is 0 Å². The van der Waals surface area contributed by atoms with Gasteiger partial charge >= 0.3 is 5.97 Å². The lowest BCUT2D eigenvalue weighted by atomic mass is 9.70. The second kappa shape index (κ2) is 6.43. The molecule has 8 nitrogen and oxygen atoms in total. The van der Waals surface area contributed by atoms with E-state index in [4.69, 9.17) is 4.74 Å². The molecule has 2 bridgehead atoms. The summed E-state index contributed by atoms with van der Waals surface area (Å²) in [5, 5.41) is 11.2. The molecule has 3 aliphatic rings. The number of hydrogen-bond acceptors (Lipinski definition) is 6. The number of ether oxygens (including phenoxy) is 1. The molecule has 1 saturated heterocycles. The first-order valence-corrected chi connectivity index (χ1v) is 9.79. The number of non-ortho nitro benzene ring substituents is 1. The number of pyridine rings is 1. The van der Waals surface area contributed by atoms with E-state index in [0.717, 1.165) is 23.4 Å². The Morgan fingerprint density at radius 3 is 2.83 bits per heavy atom. The van der Waals surface area contributed by atoms with Crippen LogP contribution in [-0.4, -0.2) is 35.2 Å². The van der Waals surface area contributed by atoms with E-state index >= 15 is 0 Å². The van der Waals surface area contributed by atoms with Crippen molar-refractivity contribution in [2.24, 2.45) is 11.8 Å². The van der Waals surface area contributed by atoms with E-state index in [9.17, 15) is 19.7 Å². The molecule has 1 aromatic carbocycles. The Hall–Kier alpha value is -3.16. The summed E-state index contributed by atoms with van der Waals surface area (Å²) < 4.78 is 6.94. The lowest BCUT2D eigenvalue weighted by Gasteiger charge is -2.53. The molecule has 150 valence electrons. The first kappa shape index (κ1) is 17.9. The summed E-state index contributed by atoms with van der Waals surface area (Å²) in [6.45, 7) is 1.24. The van der Waals surface area contributed by atoms with Gasteiger partial charge in [-0.2, -0.15) is 0 Å². The number of carbonyl (C=O) groups is 1. The van der Waals surface area contributed by atoms with Gasteiger partial charge in [-0.15, -0.1) is 0 Å². The number of anilines is 1. The van der Waals surface area contributed by atoms with Crippen LogP contribution in [0.3, 0.4) is 0 Å². The SMILES string of the molecule is COC(=O)[C@@H]1Cc2cc([N+](=O)[O-])ccc2N2C[C@H]3C[C@H](Cn4c3cccc4=O)[C@@H]12. The van der Waals surface area contributed by atoms with Crippen LogP contribution in [0, 0.1) is 22.0 Å². The number of fused-ring (bicyclic) bond motifs is 8. The van der Waals surface area contributed by atoms with Gasteiger partial charge in [-0.25, -0.2) is 0 Å².